The van der Waals surface area contributed by atoms with Gasteiger partial charge in [0.25, 0.3) is 5.91 Å². The molecule has 0 aliphatic rings. The third-order valence-corrected chi connectivity index (χ3v) is 4.38. The van der Waals surface area contributed by atoms with Crippen molar-refractivity contribution in [3.8, 4) is 0 Å². The highest BCUT2D eigenvalue weighted by molar-refractivity contribution is 5.91. The number of aromatic nitrogens is 2. The number of halogens is 1. The van der Waals surface area contributed by atoms with Gasteiger partial charge in [0.05, 0.1) is 0 Å². The molecule has 0 saturated heterocycles. The third kappa shape index (κ3) is 2.69. The van der Waals surface area contributed by atoms with Gasteiger partial charge in [-0.3, -0.25) is 4.79 Å². The molecule has 122 valence electrons. The van der Waals surface area contributed by atoms with E-state index in [4.69, 9.17) is 5.73 Å². The number of H-pyrrole nitrogens is 1. The molecule has 0 spiro atoms. The van der Waals surface area contributed by atoms with E-state index in [2.05, 4.69) is 9.97 Å². The summed E-state index contributed by atoms with van der Waals surface area (Å²) in [6, 6.07) is 9.44. The molecule has 3 rings (SSSR count). The Kier molecular flexibility index (Phi) is 4.16. The summed E-state index contributed by atoms with van der Waals surface area (Å²) in [6.07, 6.45) is 5.04. The Morgan fingerprint density at radius 3 is 2.67 bits per heavy atom. The second kappa shape index (κ2) is 6.28. The maximum atomic E-state index is 14.9. The van der Waals surface area contributed by atoms with Crippen LogP contribution >= 0.6 is 0 Å². The van der Waals surface area contributed by atoms with Crippen molar-refractivity contribution in [3.63, 3.8) is 0 Å². The first-order chi connectivity index (χ1) is 11.5. The summed E-state index contributed by atoms with van der Waals surface area (Å²) in [5.74, 6) is -1.89. The molecule has 3 N–H and O–H groups in total. The molecule has 1 unspecified atom stereocenters. The summed E-state index contributed by atoms with van der Waals surface area (Å²) in [6.45, 7) is 4.03. The lowest BCUT2D eigenvalue weighted by Gasteiger charge is -2.21. The summed E-state index contributed by atoms with van der Waals surface area (Å²) < 4.78 is 14.9. The van der Waals surface area contributed by atoms with Gasteiger partial charge >= 0.3 is 0 Å². The summed E-state index contributed by atoms with van der Waals surface area (Å²) in [5, 5.41) is 0. The average molecular weight is 323 g/mol. The molecule has 0 fully saturated rings. The molecule has 5 heteroatoms. The molecule has 4 nitrogen and oxygen atoms in total. The summed E-state index contributed by atoms with van der Waals surface area (Å²) >= 11 is 0. The number of rotatable bonds is 4. The van der Waals surface area contributed by atoms with Crippen LogP contribution in [0.25, 0.3) is 0 Å². The van der Waals surface area contributed by atoms with Crippen molar-refractivity contribution < 1.29 is 9.18 Å². The van der Waals surface area contributed by atoms with Crippen molar-refractivity contribution in [3.05, 3.63) is 88.3 Å². The van der Waals surface area contributed by atoms with Gasteiger partial charge in [0.2, 0.25) is 0 Å². The first-order valence-corrected chi connectivity index (χ1v) is 7.63. The van der Waals surface area contributed by atoms with Gasteiger partial charge in [-0.1, -0.05) is 18.2 Å². The summed E-state index contributed by atoms with van der Waals surface area (Å²) in [4.78, 5) is 18.2. The SMILES string of the molecule is Cc1cccc(C(c2cc[nH]c2)c2ccnc(C(N)=O)c2F)c1C. The van der Waals surface area contributed by atoms with Crippen LogP contribution in [0.5, 0.6) is 0 Å². The quantitative estimate of drug-likeness (QED) is 0.772. The number of aromatic amines is 1. The molecule has 1 amide bonds. The second-order valence-corrected chi connectivity index (χ2v) is 5.79. The van der Waals surface area contributed by atoms with Crippen LogP contribution in [0.3, 0.4) is 0 Å². The van der Waals surface area contributed by atoms with Crippen molar-refractivity contribution in [1.82, 2.24) is 9.97 Å². The van der Waals surface area contributed by atoms with E-state index in [0.29, 0.717) is 5.56 Å². The van der Waals surface area contributed by atoms with E-state index in [1.54, 1.807) is 12.3 Å². The van der Waals surface area contributed by atoms with E-state index >= 15 is 0 Å². The Morgan fingerprint density at radius 1 is 1.21 bits per heavy atom. The number of benzene rings is 1. The Labute approximate surface area is 139 Å². The van der Waals surface area contributed by atoms with Gasteiger partial charge in [-0.25, -0.2) is 9.37 Å². The van der Waals surface area contributed by atoms with Gasteiger partial charge in [0, 0.05) is 30.1 Å². The Morgan fingerprint density at radius 2 is 2.00 bits per heavy atom. The zero-order valence-corrected chi connectivity index (χ0v) is 13.5. The summed E-state index contributed by atoms with van der Waals surface area (Å²) in [7, 11) is 0. The fraction of sp³-hybridized carbons (Fsp3) is 0.158. The number of nitrogens with zero attached hydrogens (tertiary/aromatic N) is 1. The number of aryl methyl sites for hydroxylation is 1. The van der Waals surface area contributed by atoms with Gasteiger partial charge in [0.1, 0.15) is 0 Å². The number of nitrogens with two attached hydrogens (primary N) is 1. The number of nitrogens with one attached hydrogen (secondary N) is 1. The standard InChI is InChI=1S/C19H18FN3O/c1-11-4-3-5-14(12(11)2)16(13-6-8-22-10-13)15-7-9-23-18(17(15)20)19(21)24/h3-10,16,22H,1-2H3,(H2,21,24). The number of hydrogen-bond donors (Lipinski definition) is 2. The first-order valence-electron chi connectivity index (χ1n) is 7.63. The van der Waals surface area contributed by atoms with Crippen molar-refractivity contribution in [2.75, 3.05) is 0 Å². The van der Waals surface area contributed by atoms with Crippen LogP contribution in [-0.2, 0) is 0 Å². The molecule has 2 aromatic heterocycles. The lowest BCUT2D eigenvalue weighted by Crippen LogP contribution is -2.18. The van der Waals surface area contributed by atoms with Gasteiger partial charge < -0.3 is 10.7 Å². The van der Waals surface area contributed by atoms with Crippen LogP contribution in [0.4, 0.5) is 4.39 Å². The number of pyridine rings is 1. The van der Waals surface area contributed by atoms with Crippen LogP contribution in [0, 0.1) is 19.7 Å². The van der Waals surface area contributed by atoms with E-state index in [-0.39, 0.29) is 11.6 Å². The Bertz CT molecular complexity index is 888. The smallest absolute Gasteiger partial charge is 0.270 e. The maximum absolute atomic E-state index is 14.9. The maximum Gasteiger partial charge on any atom is 0.270 e. The van der Waals surface area contributed by atoms with Gasteiger partial charge in [-0.15, -0.1) is 0 Å². The molecule has 1 aromatic carbocycles. The van der Waals surface area contributed by atoms with E-state index in [1.807, 2.05) is 44.3 Å². The molecule has 1 atom stereocenters. The number of amides is 1. The molecule has 0 saturated carbocycles. The Hall–Kier alpha value is -2.95. The minimum atomic E-state index is -0.872. The molecule has 0 aliphatic heterocycles. The first kappa shape index (κ1) is 15.9. The van der Waals surface area contributed by atoms with E-state index in [1.165, 1.54) is 6.20 Å². The summed E-state index contributed by atoms with van der Waals surface area (Å²) in [5.41, 5.74) is 9.39. The van der Waals surface area contributed by atoms with Crippen LogP contribution < -0.4 is 5.73 Å². The number of hydrogen-bond acceptors (Lipinski definition) is 2. The van der Waals surface area contributed by atoms with Crippen molar-refractivity contribution in [2.45, 2.75) is 19.8 Å². The van der Waals surface area contributed by atoms with E-state index in [9.17, 15) is 9.18 Å². The van der Waals surface area contributed by atoms with Gasteiger partial charge in [-0.05, 0) is 48.2 Å². The van der Waals surface area contributed by atoms with Crippen LogP contribution in [0.1, 0.15) is 44.2 Å². The topological polar surface area (TPSA) is 71.8 Å². The normalized spacial score (nSPS) is 12.1. The lowest BCUT2D eigenvalue weighted by molar-refractivity contribution is 0.0991. The molecule has 0 bridgehead atoms. The van der Waals surface area contributed by atoms with Crippen LogP contribution in [0.2, 0.25) is 0 Å². The van der Waals surface area contributed by atoms with E-state index in [0.717, 1.165) is 22.3 Å². The average Bonchev–Trinajstić information content (AvgIpc) is 3.07. The molecule has 0 radical (unpaired) electrons. The largest absolute Gasteiger partial charge is 0.367 e. The highest BCUT2D eigenvalue weighted by Crippen LogP contribution is 2.36. The molecule has 2 heterocycles. The minimum Gasteiger partial charge on any atom is -0.367 e. The van der Waals surface area contributed by atoms with Crippen LogP contribution in [-0.4, -0.2) is 15.9 Å². The predicted molar refractivity (Wildman–Crippen MR) is 90.4 cm³/mol. The Balaban J connectivity index is 2.27. The lowest BCUT2D eigenvalue weighted by atomic mass is 9.83. The zero-order valence-electron chi connectivity index (χ0n) is 13.5. The minimum absolute atomic E-state index is 0.335. The predicted octanol–water partition coefficient (Wildman–Crippen LogP) is 3.44. The van der Waals surface area contributed by atoms with Crippen LogP contribution in [0.15, 0.2) is 48.9 Å². The second-order valence-electron chi connectivity index (χ2n) is 5.79. The fourth-order valence-electron chi connectivity index (χ4n) is 2.98. The molecular weight excluding hydrogens is 305 g/mol. The number of carbonyl (C=O) groups is 1. The van der Waals surface area contributed by atoms with Gasteiger partial charge in [0.15, 0.2) is 11.5 Å². The monoisotopic (exact) mass is 323 g/mol. The number of carbonyl (C=O) groups excluding carboxylic acids is 1. The van der Waals surface area contributed by atoms with Crippen molar-refractivity contribution in [2.24, 2.45) is 5.73 Å². The number of primary amides is 1. The highest BCUT2D eigenvalue weighted by Gasteiger charge is 2.25. The molecular formula is C19H18FN3O. The molecule has 3 aromatic rings. The fourth-order valence-corrected chi connectivity index (χ4v) is 2.98. The molecule has 24 heavy (non-hydrogen) atoms. The van der Waals surface area contributed by atoms with E-state index < -0.39 is 11.7 Å². The van der Waals surface area contributed by atoms with Gasteiger partial charge in [-0.2, -0.15) is 0 Å². The molecule has 0 aliphatic carbocycles. The third-order valence-electron chi connectivity index (χ3n) is 4.38. The zero-order chi connectivity index (χ0) is 17.3. The van der Waals surface area contributed by atoms with Crippen molar-refractivity contribution in [1.29, 1.82) is 0 Å². The highest BCUT2D eigenvalue weighted by atomic mass is 19.1. The van der Waals surface area contributed by atoms with Crippen molar-refractivity contribution >= 4 is 5.91 Å².